The Morgan fingerprint density at radius 3 is 2.26 bits per heavy atom. The number of hydrogen-bond donors (Lipinski definition) is 1. The molecule has 0 heterocycles. The van der Waals surface area contributed by atoms with Crippen LogP contribution in [0.4, 0.5) is 0 Å². The third-order valence-corrected chi connectivity index (χ3v) is 3.42. The van der Waals surface area contributed by atoms with Crippen LogP contribution in [0.15, 0.2) is 27.1 Å². The Kier molecular flexibility index (Phi) is 6.51. The molecular weight excluding hydrogens is 376 g/mol. The van der Waals surface area contributed by atoms with E-state index < -0.39 is 0 Å². The molecule has 0 unspecified atom stereocenters. The maximum Gasteiger partial charge on any atom is 0.254 e. The van der Waals surface area contributed by atoms with Crippen LogP contribution in [0.3, 0.4) is 0 Å². The van der Waals surface area contributed by atoms with Crippen molar-refractivity contribution in [3.05, 3.63) is 32.7 Å². The number of likely N-dealkylation sites (N-methyl/N-ethyl adjacent to an activating group) is 1. The van der Waals surface area contributed by atoms with Crippen LogP contribution in [0.1, 0.15) is 23.7 Å². The SMILES string of the molecule is CCCN(CC(=O)NC)C(=O)c1cc(Br)cc(Br)c1. The Bertz CT molecular complexity index is 457. The van der Waals surface area contributed by atoms with E-state index in [4.69, 9.17) is 0 Å². The Morgan fingerprint density at radius 2 is 1.79 bits per heavy atom. The number of benzene rings is 1. The van der Waals surface area contributed by atoms with Crippen molar-refractivity contribution in [3.63, 3.8) is 0 Å². The number of hydrogen-bond acceptors (Lipinski definition) is 2. The van der Waals surface area contributed by atoms with E-state index in [1.54, 1.807) is 24.1 Å². The molecular formula is C13H16Br2N2O2. The Hall–Kier alpha value is -0.880. The van der Waals surface area contributed by atoms with E-state index in [1.165, 1.54) is 0 Å². The third kappa shape index (κ3) is 4.95. The largest absolute Gasteiger partial charge is 0.358 e. The van der Waals surface area contributed by atoms with Crippen LogP contribution in [0.2, 0.25) is 0 Å². The van der Waals surface area contributed by atoms with Crippen molar-refractivity contribution in [2.24, 2.45) is 0 Å². The molecule has 1 rings (SSSR count). The third-order valence-electron chi connectivity index (χ3n) is 2.50. The maximum atomic E-state index is 12.4. The van der Waals surface area contributed by atoms with E-state index in [-0.39, 0.29) is 18.4 Å². The molecule has 104 valence electrons. The second kappa shape index (κ2) is 7.65. The lowest BCUT2D eigenvalue weighted by molar-refractivity contribution is -0.121. The summed E-state index contributed by atoms with van der Waals surface area (Å²) in [6.45, 7) is 2.60. The zero-order valence-electron chi connectivity index (χ0n) is 10.9. The molecule has 0 aliphatic heterocycles. The summed E-state index contributed by atoms with van der Waals surface area (Å²) in [7, 11) is 1.56. The first-order valence-electron chi connectivity index (χ1n) is 5.93. The average molecular weight is 392 g/mol. The molecule has 0 fully saturated rings. The van der Waals surface area contributed by atoms with Gasteiger partial charge in [-0.05, 0) is 24.6 Å². The fourth-order valence-corrected chi connectivity index (χ4v) is 2.93. The number of carbonyl (C=O) groups is 2. The predicted molar refractivity (Wildman–Crippen MR) is 82.1 cm³/mol. The Labute approximate surface area is 129 Å². The number of nitrogens with one attached hydrogen (secondary N) is 1. The first kappa shape index (κ1) is 16.2. The summed E-state index contributed by atoms with van der Waals surface area (Å²) < 4.78 is 1.64. The van der Waals surface area contributed by atoms with Crippen LogP contribution in [-0.2, 0) is 4.79 Å². The molecule has 1 aromatic carbocycles. The van der Waals surface area contributed by atoms with Gasteiger partial charge in [0.05, 0.1) is 6.54 Å². The minimum absolute atomic E-state index is 0.0767. The van der Waals surface area contributed by atoms with E-state index in [9.17, 15) is 9.59 Å². The fourth-order valence-electron chi connectivity index (χ4n) is 1.63. The van der Waals surface area contributed by atoms with Gasteiger partial charge < -0.3 is 10.2 Å². The molecule has 0 aliphatic carbocycles. The standard InChI is InChI=1S/C13H16Br2N2O2/c1-3-4-17(8-12(18)16-2)13(19)9-5-10(14)7-11(15)6-9/h5-7H,3-4,8H2,1-2H3,(H,16,18). The van der Waals surface area contributed by atoms with E-state index in [0.717, 1.165) is 15.4 Å². The lowest BCUT2D eigenvalue weighted by Crippen LogP contribution is -2.40. The van der Waals surface area contributed by atoms with Gasteiger partial charge in [-0.25, -0.2) is 0 Å². The van der Waals surface area contributed by atoms with Gasteiger partial charge in [-0.15, -0.1) is 0 Å². The molecule has 1 N–H and O–H groups in total. The van der Waals surface area contributed by atoms with Gasteiger partial charge >= 0.3 is 0 Å². The van der Waals surface area contributed by atoms with Crippen LogP contribution in [0.25, 0.3) is 0 Å². The van der Waals surface area contributed by atoms with E-state index in [2.05, 4.69) is 37.2 Å². The van der Waals surface area contributed by atoms with Crippen LogP contribution in [0.5, 0.6) is 0 Å². The maximum absolute atomic E-state index is 12.4. The normalized spacial score (nSPS) is 10.1. The van der Waals surface area contributed by atoms with Crippen LogP contribution < -0.4 is 5.32 Å². The lowest BCUT2D eigenvalue weighted by atomic mass is 10.2. The van der Waals surface area contributed by atoms with Gasteiger partial charge in [0.1, 0.15) is 0 Å². The van der Waals surface area contributed by atoms with E-state index >= 15 is 0 Å². The lowest BCUT2D eigenvalue weighted by Gasteiger charge is -2.21. The summed E-state index contributed by atoms with van der Waals surface area (Å²) in [5, 5.41) is 2.53. The quantitative estimate of drug-likeness (QED) is 0.838. The second-order valence-electron chi connectivity index (χ2n) is 4.06. The highest BCUT2D eigenvalue weighted by atomic mass is 79.9. The highest BCUT2D eigenvalue weighted by Gasteiger charge is 2.18. The van der Waals surface area contributed by atoms with Gasteiger partial charge in [-0.3, -0.25) is 9.59 Å². The molecule has 0 bridgehead atoms. The van der Waals surface area contributed by atoms with E-state index in [0.29, 0.717) is 12.1 Å². The Balaban J connectivity index is 2.94. The summed E-state index contributed by atoms with van der Waals surface area (Å²) in [5.41, 5.74) is 0.554. The minimum atomic E-state index is -0.170. The average Bonchev–Trinajstić information content (AvgIpc) is 2.36. The number of halogens is 2. The van der Waals surface area contributed by atoms with Gasteiger partial charge in [0.2, 0.25) is 5.91 Å². The summed E-state index contributed by atoms with van der Waals surface area (Å²) >= 11 is 6.71. The van der Waals surface area contributed by atoms with Gasteiger partial charge in [0.25, 0.3) is 5.91 Å². The molecule has 0 aliphatic rings. The first-order chi connectivity index (χ1) is 8.97. The molecule has 0 saturated heterocycles. The minimum Gasteiger partial charge on any atom is -0.358 e. The number of carbonyl (C=O) groups excluding carboxylic acids is 2. The molecule has 0 atom stereocenters. The number of rotatable bonds is 5. The molecule has 6 heteroatoms. The van der Waals surface area contributed by atoms with Crippen molar-refractivity contribution in [1.29, 1.82) is 0 Å². The van der Waals surface area contributed by atoms with Crippen molar-refractivity contribution in [3.8, 4) is 0 Å². The van der Waals surface area contributed by atoms with Crippen molar-refractivity contribution >= 4 is 43.7 Å². The molecule has 0 saturated carbocycles. The molecule has 4 nitrogen and oxygen atoms in total. The summed E-state index contributed by atoms with van der Waals surface area (Å²) in [6.07, 6.45) is 0.803. The summed E-state index contributed by atoms with van der Waals surface area (Å²) in [4.78, 5) is 25.4. The van der Waals surface area contributed by atoms with Gasteiger partial charge in [-0.2, -0.15) is 0 Å². The van der Waals surface area contributed by atoms with Crippen LogP contribution in [-0.4, -0.2) is 36.9 Å². The van der Waals surface area contributed by atoms with E-state index in [1.807, 2.05) is 13.0 Å². The zero-order chi connectivity index (χ0) is 14.4. The topological polar surface area (TPSA) is 49.4 Å². The molecule has 0 radical (unpaired) electrons. The molecule has 19 heavy (non-hydrogen) atoms. The van der Waals surface area contributed by atoms with Crippen molar-refractivity contribution in [2.75, 3.05) is 20.1 Å². The van der Waals surface area contributed by atoms with Gasteiger partial charge in [0, 0.05) is 28.1 Å². The van der Waals surface area contributed by atoms with Gasteiger partial charge in [0.15, 0.2) is 0 Å². The number of amides is 2. The summed E-state index contributed by atoms with van der Waals surface area (Å²) in [6, 6.07) is 5.36. The highest BCUT2D eigenvalue weighted by Crippen LogP contribution is 2.21. The van der Waals surface area contributed by atoms with Crippen molar-refractivity contribution < 1.29 is 9.59 Å². The highest BCUT2D eigenvalue weighted by molar-refractivity contribution is 9.11. The number of nitrogens with zero attached hydrogens (tertiary/aromatic N) is 1. The Morgan fingerprint density at radius 1 is 1.21 bits per heavy atom. The molecule has 0 spiro atoms. The van der Waals surface area contributed by atoms with Crippen LogP contribution >= 0.6 is 31.9 Å². The zero-order valence-corrected chi connectivity index (χ0v) is 14.0. The van der Waals surface area contributed by atoms with Crippen molar-refractivity contribution in [1.82, 2.24) is 10.2 Å². The fraction of sp³-hybridized carbons (Fsp3) is 0.385. The predicted octanol–water partition coefficient (Wildman–Crippen LogP) is 2.81. The molecule has 2 amide bonds. The second-order valence-corrected chi connectivity index (χ2v) is 5.89. The molecule has 1 aromatic rings. The first-order valence-corrected chi connectivity index (χ1v) is 7.52. The smallest absolute Gasteiger partial charge is 0.254 e. The van der Waals surface area contributed by atoms with Crippen LogP contribution in [0, 0.1) is 0 Å². The molecule has 0 aromatic heterocycles. The monoisotopic (exact) mass is 390 g/mol. The summed E-state index contributed by atoms with van der Waals surface area (Å²) in [5.74, 6) is -0.316. The van der Waals surface area contributed by atoms with Gasteiger partial charge in [-0.1, -0.05) is 38.8 Å². The van der Waals surface area contributed by atoms with Crippen molar-refractivity contribution in [2.45, 2.75) is 13.3 Å².